The van der Waals surface area contributed by atoms with Crippen LogP contribution in [-0.4, -0.2) is 25.3 Å². The molecule has 88 valence electrons. The van der Waals surface area contributed by atoms with E-state index in [9.17, 15) is 4.79 Å². The van der Waals surface area contributed by atoms with Crippen LogP contribution in [0.25, 0.3) is 0 Å². The van der Waals surface area contributed by atoms with Crippen LogP contribution in [0.5, 0.6) is 11.5 Å². The minimum Gasteiger partial charge on any atom is -0.493 e. The van der Waals surface area contributed by atoms with Gasteiger partial charge in [0.15, 0.2) is 11.5 Å². The molecule has 16 heavy (non-hydrogen) atoms. The zero-order valence-corrected chi connectivity index (χ0v) is 9.87. The van der Waals surface area contributed by atoms with Crippen LogP contribution in [0.4, 0.5) is 0 Å². The van der Waals surface area contributed by atoms with Crippen molar-refractivity contribution in [1.82, 2.24) is 0 Å². The summed E-state index contributed by atoms with van der Waals surface area (Å²) in [5.41, 5.74) is 1.38. The van der Waals surface area contributed by atoms with Crippen molar-refractivity contribution >= 4 is 17.6 Å². The summed E-state index contributed by atoms with van der Waals surface area (Å²) in [5.74, 6) is 0.390. The molecular weight excluding hydrogens is 232 g/mol. The summed E-state index contributed by atoms with van der Waals surface area (Å²) in [6.07, 6.45) is -0.0809. The number of hydrogen-bond acceptors (Lipinski definition) is 3. The molecule has 1 aromatic carbocycles. The van der Waals surface area contributed by atoms with Crippen molar-refractivity contribution in [3.8, 4) is 11.5 Å². The fourth-order valence-corrected chi connectivity index (χ4v) is 1.66. The number of rotatable bonds is 5. The monoisotopic (exact) mass is 244 g/mol. The number of ether oxygens (including phenoxy) is 2. The zero-order valence-electron chi connectivity index (χ0n) is 9.12. The van der Waals surface area contributed by atoms with E-state index in [0.717, 1.165) is 5.56 Å². The van der Waals surface area contributed by atoms with Crippen molar-refractivity contribution in [2.75, 3.05) is 14.2 Å². The fourth-order valence-electron chi connectivity index (χ4n) is 1.42. The molecule has 4 nitrogen and oxygen atoms in total. The van der Waals surface area contributed by atoms with Gasteiger partial charge in [0.05, 0.1) is 20.6 Å². The minimum atomic E-state index is -0.904. The molecule has 0 spiro atoms. The standard InChI is InChI=1S/C11H13ClO4/c1-15-9-3-7(5-11(13)14)8(6-12)4-10(9)16-2/h3-4H,5-6H2,1-2H3,(H,13,14). The number of halogens is 1. The van der Waals surface area contributed by atoms with E-state index in [2.05, 4.69) is 0 Å². The number of aliphatic carboxylic acids is 1. The van der Waals surface area contributed by atoms with Crippen molar-refractivity contribution < 1.29 is 19.4 Å². The first-order chi connectivity index (χ1) is 7.62. The lowest BCUT2D eigenvalue weighted by atomic mass is 10.0. The lowest BCUT2D eigenvalue weighted by Crippen LogP contribution is -2.04. The summed E-state index contributed by atoms with van der Waals surface area (Å²) in [5, 5.41) is 8.76. The highest BCUT2D eigenvalue weighted by Gasteiger charge is 2.12. The number of methoxy groups -OCH3 is 2. The molecule has 0 aliphatic rings. The van der Waals surface area contributed by atoms with Gasteiger partial charge in [0.1, 0.15) is 0 Å². The van der Waals surface area contributed by atoms with E-state index in [1.807, 2.05) is 0 Å². The topological polar surface area (TPSA) is 55.8 Å². The van der Waals surface area contributed by atoms with Gasteiger partial charge in [0, 0.05) is 5.88 Å². The van der Waals surface area contributed by atoms with E-state index in [1.165, 1.54) is 14.2 Å². The van der Waals surface area contributed by atoms with Crippen LogP contribution in [0, 0.1) is 0 Å². The summed E-state index contributed by atoms with van der Waals surface area (Å²) in [6, 6.07) is 3.34. The average Bonchev–Trinajstić information content (AvgIpc) is 2.27. The molecule has 1 rings (SSSR count). The Labute approximate surface area is 98.7 Å². The molecule has 0 aliphatic heterocycles. The molecule has 0 saturated heterocycles. The molecule has 0 unspecified atom stereocenters. The van der Waals surface area contributed by atoms with E-state index in [-0.39, 0.29) is 12.3 Å². The molecule has 0 amide bonds. The predicted molar refractivity (Wildman–Crippen MR) is 60.4 cm³/mol. The van der Waals surface area contributed by atoms with Crippen LogP contribution in [-0.2, 0) is 17.1 Å². The van der Waals surface area contributed by atoms with Gasteiger partial charge in [-0.25, -0.2) is 0 Å². The molecule has 1 N–H and O–H groups in total. The number of hydrogen-bond donors (Lipinski definition) is 1. The molecule has 0 fully saturated rings. The van der Waals surface area contributed by atoms with Crippen LogP contribution in [0.3, 0.4) is 0 Å². The Morgan fingerprint density at radius 3 is 2.12 bits per heavy atom. The summed E-state index contributed by atoms with van der Waals surface area (Å²) in [7, 11) is 3.02. The third kappa shape index (κ3) is 2.79. The van der Waals surface area contributed by atoms with Crippen molar-refractivity contribution in [3.63, 3.8) is 0 Å². The van der Waals surface area contributed by atoms with Gasteiger partial charge in [-0.2, -0.15) is 0 Å². The minimum absolute atomic E-state index is 0.0809. The van der Waals surface area contributed by atoms with Crippen LogP contribution in [0.15, 0.2) is 12.1 Å². The smallest absolute Gasteiger partial charge is 0.307 e. The van der Waals surface area contributed by atoms with Crippen LogP contribution >= 0.6 is 11.6 Å². The number of benzene rings is 1. The van der Waals surface area contributed by atoms with Gasteiger partial charge in [0.25, 0.3) is 0 Å². The molecule has 0 saturated carbocycles. The Morgan fingerprint density at radius 1 is 1.25 bits per heavy atom. The highest BCUT2D eigenvalue weighted by Crippen LogP contribution is 2.31. The molecule has 0 radical (unpaired) electrons. The highest BCUT2D eigenvalue weighted by atomic mass is 35.5. The lowest BCUT2D eigenvalue weighted by molar-refractivity contribution is -0.136. The third-order valence-electron chi connectivity index (χ3n) is 2.19. The van der Waals surface area contributed by atoms with E-state index in [0.29, 0.717) is 17.1 Å². The van der Waals surface area contributed by atoms with Crippen LogP contribution in [0.1, 0.15) is 11.1 Å². The summed E-state index contributed by atoms with van der Waals surface area (Å²) >= 11 is 5.75. The Bertz CT molecular complexity index is 390. The van der Waals surface area contributed by atoms with Gasteiger partial charge in [-0.3, -0.25) is 4.79 Å². The molecule has 0 aromatic heterocycles. The van der Waals surface area contributed by atoms with Crippen LogP contribution in [0.2, 0.25) is 0 Å². The maximum absolute atomic E-state index is 10.7. The Hall–Kier alpha value is -1.42. The Balaban J connectivity index is 3.20. The second-order valence-corrected chi connectivity index (χ2v) is 3.45. The molecule has 0 heterocycles. The van der Waals surface area contributed by atoms with E-state index in [1.54, 1.807) is 12.1 Å². The second-order valence-electron chi connectivity index (χ2n) is 3.18. The van der Waals surface area contributed by atoms with E-state index >= 15 is 0 Å². The molecular formula is C11H13ClO4. The summed E-state index contributed by atoms with van der Waals surface area (Å²) in [6.45, 7) is 0. The normalized spacial score (nSPS) is 9.94. The van der Waals surface area contributed by atoms with Gasteiger partial charge in [-0.15, -0.1) is 11.6 Å². The van der Waals surface area contributed by atoms with Gasteiger partial charge in [-0.05, 0) is 23.3 Å². The second kappa shape index (κ2) is 5.61. The first kappa shape index (κ1) is 12.6. The van der Waals surface area contributed by atoms with E-state index < -0.39 is 5.97 Å². The molecule has 5 heteroatoms. The quantitative estimate of drug-likeness (QED) is 0.806. The number of carbonyl (C=O) groups is 1. The SMILES string of the molecule is COc1cc(CCl)c(CC(=O)O)cc1OC. The molecule has 0 aliphatic carbocycles. The van der Waals surface area contributed by atoms with Crippen molar-refractivity contribution in [1.29, 1.82) is 0 Å². The van der Waals surface area contributed by atoms with Crippen molar-refractivity contribution in [2.45, 2.75) is 12.3 Å². The molecule has 0 atom stereocenters. The summed E-state index contributed by atoms with van der Waals surface area (Å²) < 4.78 is 10.2. The number of carboxylic acids is 1. The summed E-state index contributed by atoms with van der Waals surface area (Å²) in [4.78, 5) is 10.7. The Morgan fingerprint density at radius 2 is 1.75 bits per heavy atom. The van der Waals surface area contributed by atoms with Gasteiger partial charge < -0.3 is 14.6 Å². The molecule has 1 aromatic rings. The van der Waals surface area contributed by atoms with Gasteiger partial charge in [-0.1, -0.05) is 0 Å². The zero-order chi connectivity index (χ0) is 12.1. The third-order valence-corrected chi connectivity index (χ3v) is 2.48. The number of alkyl halides is 1. The predicted octanol–water partition coefficient (Wildman–Crippen LogP) is 2.07. The van der Waals surface area contributed by atoms with Crippen molar-refractivity contribution in [2.24, 2.45) is 0 Å². The van der Waals surface area contributed by atoms with Crippen molar-refractivity contribution in [3.05, 3.63) is 23.3 Å². The largest absolute Gasteiger partial charge is 0.493 e. The maximum Gasteiger partial charge on any atom is 0.307 e. The first-order valence-electron chi connectivity index (χ1n) is 4.64. The van der Waals surface area contributed by atoms with Gasteiger partial charge >= 0.3 is 5.97 Å². The fraction of sp³-hybridized carbons (Fsp3) is 0.364. The van der Waals surface area contributed by atoms with Crippen LogP contribution < -0.4 is 9.47 Å². The lowest BCUT2D eigenvalue weighted by Gasteiger charge is -2.12. The Kier molecular flexibility index (Phi) is 4.43. The van der Waals surface area contributed by atoms with Gasteiger partial charge in [0.2, 0.25) is 0 Å². The number of carboxylic acid groups (broad SMARTS) is 1. The maximum atomic E-state index is 10.7. The average molecular weight is 245 g/mol. The van der Waals surface area contributed by atoms with E-state index in [4.69, 9.17) is 26.2 Å². The highest BCUT2D eigenvalue weighted by molar-refractivity contribution is 6.17. The first-order valence-corrected chi connectivity index (χ1v) is 5.17. The molecule has 0 bridgehead atoms.